The maximum absolute atomic E-state index is 12.8. The molecule has 164 valence electrons. The van der Waals surface area contributed by atoms with E-state index in [9.17, 15) is 24.5 Å². The van der Waals surface area contributed by atoms with Crippen LogP contribution in [0.2, 0.25) is 0 Å². The SMILES string of the molecule is COC(=O)Cc1ccc(NC(=O)C2=CC=CN(C(=O)c3ccccc3C)C2)c([N+](=O)[O-])c1. The predicted octanol–water partition coefficient (Wildman–Crippen LogP) is 3.15. The first kappa shape index (κ1) is 22.4. The highest BCUT2D eigenvalue weighted by Crippen LogP contribution is 2.27. The van der Waals surface area contributed by atoms with E-state index in [0.29, 0.717) is 11.1 Å². The molecule has 32 heavy (non-hydrogen) atoms. The van der Waals surface area contributed by atoms with Crippen LogP contribution in [-0.4, -0.2) is 41.3 Å². The maximum atomic E-state index is 12.8. The van der Waals surface area contributed by atoms with Gasteiger partial charge >= 0.3 is 5.97 Å². The lowest BCUT2D eigenvalue weighted by molar-refractivity contribution is -0.384. The number of esters is 1. The number of amides is 2. The Bertz CT molecular complexity index is 1150. The third-order valence-corrected chi connectivity index (χ3v) is 4.92. The van der Waals surface area contributed by atoms with Gasteiger partial charge in [-0.25, -0.2) is 0 Å². The monoisotopic (exact) mass is 435 g/mol. The van der Waals surface area contributed by atoms with Crippen molar-refractivity contribution in [3.63, 3.8) is 0 Å². The van der Waals surface area contributed by atoms with Crippen LogP contribution in [0.25, 0.3) is 0 Å². The Kier molecular flexibility index (Phi) is 6.79. The van der Waals surface area contributed by atoms with Gasteiger partial charge in [-0.15, -0.1) is 0 Å². The largest absolute Gasteiger partial charge is 0.469 e. The van der Waals surface area contributed by atoms with Crippen molar-refractivity contribution in [3.8, 4) is 0 Å². The Hall–Kier alpha value is -4.27. The number of ether oxygens (including phenoxy) is 1. The molecule has 3 rings (SSSR count). The van der Waals surface area contributed by atoms with E-state index in [1.165, 1.54) is 30.2 Å². The van der Waals surface area contributed by atoms with Gasteiger partial charge in [0.2, 0.25) is 0 Å². The highest BCUT2D eigenvalue weighted by molar-refractivity contribution is 6.06. The Morgan fingerprint density at radius 3 is 2.62 bits per heavy atom. The summed E-state index contributed by atoms with van der Waals surface area (Å²) in [5.74, 6) is -1.36. The number of carbonyl (C=O) groups excluding carboxylic acids is 3. The molecular formula is C23H21N3O6. The molecule has 9 heteroatoms. The third kappa shape index (κ3) is 5.07. The summed E-state index contributed by atoms with van der Waals surface area (Å²) in [6, 6.07) is 11.2. The standard InChI is InChI=1S/C23H21N3O6/c1-15-6-3-4-8-18(15)23(29)25-11-5-7-17(14-25)22(28)24-19-10-9-16(13-21(27)32-2)12-20(19)26(30)31/h3-12H,13-14H2,1-2H3,(H,24,28). The van der Waals surface area contributed by atoms with Gasteiger partial charge in [-0.3, -0.25) is 24.5 Å². The van der Waals surface area contributed by atoms with E-state index in [-0.39, 0.29) is 35.8 Å². The number of hydrogen-bond donors (Lipinski definition) is 1. The molecule has 0 bridgehead atoms. The summed E-state index contributed by atoms with van der Waals surface area (Å²) in [6.45, 7) is 1.84. The molecule has 0 spiro atoms. The molecule has 1 aliphatic rings. The molecule has 2 aromatic carbocycles. The second kappa shape index (κ2) is 9.69. The highest BCUT2D eigenvalue weighted by atomic mass is 16.6. The molecule has 0 fully saturated rings. The van der Waals surface area contributed by atoms with Gasteiger partial charge in [0.25, 0.3) is 17.5 Å². The molecule has 1 N–H and O–H groups in total. The average molecular weight is 435 g/mol. The van der Waals surface area contributed by atoms with Crippen LogP contribution in [0.3, 0.4) is 0 Å². The molecule has 9 nitrogen and oxygen atoms in total. The number of aryl methyl sites for hydroxylation is 1. The van der Waals surface area contributed by atoms with Crippen LogP contribution in [0.15, 0.2) is 66.4 Å². The lowest BCUT2D eigenvalue weighted by Gasteiger charge is -2.23. The van der Waals surface area contributed by atoms with Crippen molar-refractivity contribution in [2.75, 3.05) is 19.0 Å². The summed E-state index contributed by atoms with van der Waals surface area (Å²) < 4.78 is 4.57. The minimum absolute atomic E-state index is 0.0131. The number of nitrogens with one attached hydrogen (secondary N) is 1. The molecule has 2 amide bonds. The molecule has 0 radical (unpaired) electrons. The molecule has 1 aliphatic heterocycles. The lowest BCUT2D eigenvalue weighted by atomic mass is 10.1. The zero-order chi connectivity index (χ0) is 23.3. The van der Waals surface area contributed by atoms with Crippen molar-refractivity contribution in [3.05, 3.63) is 93.2 Å². The van der Waals surface area contributed by atoms with Gasteiger partial charge in [0, 0.05) is 23.4 Å². The quantitative estimate of drug-likeness (QED) is 0.423. The second-order valence-electron chi connectivity index (χ2n) is 7.10. The Balaban J connectivity index is 1.76. The molecule has 0 saturated carbocycles. The summed E-state index contributed by atoms with van der Waals surface area (Å²) in [7, 11) is 1.23. The van der Waals surface area contributed by atoms with Gasteiger partial charge in [-0.2, -0.15) is 0 Å². The first-order valence-electron chi connectivity index (χ1n) is 9.69. The van der Waals surface area contributed by atoms with E-state index < -0.39 is 16.8 Å². The number of allylic oxidation sites excluding steroid dienone is 2. The van der Waals surface area contributed by atoms with Gasteiger partial charge < -0.3 is 15.0 Å². The van der Waals surface area contributed by atoms with Gasteiger partial charge in [0.05, 0.1) is 25.0 Å². The van der Waals surface area contributed by atoms with Crippen molar-refractivity contribution in [1.82, 2.24) is 4.90 Å². The molecule has 0 aliphatic carbocycles. The minimum atomic E-state index is -0.639. The van der Waals surface area contributed by atoms with Gasteiger partial charge in [-0.1, -0.05) is 30.3 Å². The number of nitro groups is 1. The first-order chi connectivity index (χ1) is 15.3. The number of nitro benzene ring substituents is 1. The molecular weight excluding hydrogens is 414 g/mol. The number of nitrogens with zero attached hydrogens (tertiary/aromatic N) is 2. The van der Waals surface area contributed by atoms with Crippen LogP contribution < -0.4 is 5.32 Å². The predicted molar refractivity (Wildman–Crippen MR) is 117 cm³/mol. The lowest BCUT2D eigenvalue weighted by Crippen LogP contribution is -2.33. The van der Waals surface area contributed by atoms with E-state index in [1.807, 2.05) is 19.1 Å². The Morgan fingerprint density at radius 1 is 1.19 bits per heavy atom. The molecule has 0 atom stereocenters. The average Bonchev–Trinajstić information content (AvgIpc) is 2.79. The number of benzene rings is 2. The van der Waals surface area contributed by atoms with Crippen LogP contribution in [0.5, 0.6) is 0 Å². The highest BCUT2D eigenvalue weighted by Gasteiger charge is 2.24. The van der Waals surface area contributed by atoms with Crippen LogP contribution in [0.1, 0.15) is 21.5 Å². The molecule has 2 aromatic rings. The van der Waals surface area contributed by atoms with Crippen LogP contribution >= 0.6 is 0 Å². The number of anilines is 1. The normalized spacial score (nSPS) is 12.7. The summed E-state index contributed by atoms with van der Waals surface area (Å²) in [5, 5.41) is 14.0. The fourth-order valence-corrected chi connectivity index (χ4v) is 3.19. The summed E-state index contributed by atoms with van der Waals surface area (Å²) in [5.41, 5.74) is 1.63. The van der Waals surface area contributed by atoms with Crippen molar-refractivity contribution in [2.24, 2.45) is 0 Å². The number of carbonyl (C=O) groups is 3. The minimum Gasteiger partial charge on any atom is -0.469 e. The van der Waals surface area contributed by atoms with E-state index in [4.69, 9.17) is 0 Å². The van der Waals surface area contributed by atoms with Gasteiger partial charge in [0.1, 0.15) is 5.69 Å². The number of hydrogen-bond acceptors (Lipinski definition) is 6. The van der Waals surface area contributed by atoms with Crippen LogP contribution in [0, 0.1) is 17.0 Å². The van der Waals surface area contributed by atoms with E-state index in [2.05, 4.69) is 10.1 Å². The zero-order valence-electron chi connectivity index (χ0n) is 17.5. The summed E-state index contributed by atoms with van der Waals surface area (Å²) in [6.07, 6.45) is 4.57. The number of rotatable bonds is 6. The van der Waals surface area contributed by atoms with Gasteiger partial charge in [-0.05, 0) is 36.3 Å². The Morgan fingerprint density at radius 2 is 1.94 bits per heavy atom. The van der Waals surface area contributed by atoms with Gasteiger partial charge in [0.15, 0.2) is 0 Å². The fourth-order valence-electron chi connectivity index (χ4n) is 3.19. The van der Waals surface area contributed by atoms with Crippen molar-refractivity contribution in [2.45, 2.75) is 13.3 Å². The molecule has 0 unspecified atom stereocenters. The van der Waals surface area contributed by atoms with Crippen molar-refractivity contribution >= 4 is 29.2 Å². The first-order valence-corrected chi connectivity index (χ1v) is 9.69. The molecule has 0 saturated heterocycles. The molecule has 1 heterocycles. The second-order valence-corrected chi connectivity index (χ2v) is 7.10. The maximum Gasteiger partial charge on any atom is 0.309 e. The van der Waals surface area contributed by atoms with E-state index >= 15 is 0 Å². The summed E-state index contributed by atoms with van der Waals surface area (Å²) in [4.78, 5) is 49.3. The third-order valence-electron chi connectivity index (χ3n) is 4.92. The van der Waals surface area contributed by atoms with Crippen LogP contribution in [-0.2, 0) is 20.7 Å². The number of methoxy groups -OCH3 is 1. The smallest absolute Gasteiger partial charge is 0.309 e. The van der Waals surface area contributed by atoms with Crippen LogP contribution in [0.4, 0.5) is 11.4 Å². The topological polar surface area (TPSA) is 119 Å². The van der Waals surface area contributed by atoms with E-state index in [1.54, 1.807) is 30.5 Å². The van der Waals surface area contributed by atoms with E-state index in [0.717, 1.165) is 5.56 Å². The molecule has 0 aromatic heterocycles. The van der Waals surface area contributed by atoms with Crippen molar-refractivity contribution in [1.29, 1.82) is 0 Å². The van der Waals surface area contributed by atoms with Crippen molar-refractivity contribution < 1.29 is 24.0 Å². The zero-order valence-corrected chi connectivity index (χ0v) is 17.5. The summed E-state index contributed by atoms with van der Waals surface area (Å²) >= 11 is 0. The fraction of sp³-hybridized carbons (Fsp3) is 0.174. The Labute approximate surface area is 184 Å².